The van der Waals surface area contributed by atoms with E-state index in [0.29, 0.717) is 23.9 Å². The quantitative estimate of drug-likeness (QED) is 0.632. The van der Waals surface area contributed by atoms with Crippen LogP contribution in [0.2, 0.25) is 0 Å². The van der Waals surface area contributed by atoms with Crippen LogP contribution in [0.4, 0.5) is 0 Å². The van der Waals surface area contributed by atoms with Gasteiger partial charge in [0.25, 0.3) is 0 Å². The number of hydrogen-bond acceptors (Lipinski definition) is 2. The van der Waals surface area contributed by atoms with Crippen molar-refractivity contribution in [3.63, 3.8) is 0 Å². The Morgan fingerprint density at radius 3 is 2.60 bits per heavy atom. The Balaban J connectivity index is 1.44. The van der Waals surface area contributed by atoms with Crippen LogP contribution in [0.3, 0.4) is 0 Å². The number of fused-ring (bicyclic) bond motifs is 7. The summed E-state index contributed by atoms with van der Waals surface area (Å²) in [4.78, 5) is 12.3. The summed E-state index contributed by atoms with van der Waals surface area (Å²) >= 11 is 0. The first-order valence-electron chi connectivity index (χ1n) is 8.87. The largest absolute Gasteiger partial charge is 0.369 e. The van der Waals surface area contributed by atoms with E-state index < -0.39 is 0 Å². The fourth-order valence-electron chi connectivity index (χ4n) is 6.91. The van der Waals surface area contributed by atoms with Gasteiger partial charge >= 0.3 is 0 Å². The van der Waals surface area contributed by atoms with E-state index in [2.05, 4.69) is 6.92 Å². The van der Waals surface area contributed by atoms with Gasteiger partial charge in [0, 0.05) is 11.8 Å². The Labute approximate surface area is 121 Å². The summed E-state index contributed by atoms with van der Waals surface area (Å²) in [6, 6.07) is 0. The zero-order valence-electron chi connectivity index (χ0n) is 12.5. The van der Waals surface area contributed by atoms with Gasteiger partial charge in [0.05, 0.1) is 12.2 Å². The summed E-state index contributed by atoms with van der Waals surface area (Å²) in [5, 5.41) is 0. The molecule has 110 valence electrons. The standard InChI is InChI=1S/C18H26O2/c1-18-9-8-11-10-4-6-15-17(20-15)13(10)3-2-12(11)14(18)5-7-16(18)19/h10-15,17H,2-9H2,1H3/t10-,11-,12-,13+,14+,15+,17-,18+/m1/s1. The number of carbonyl (C=O) groups is 1. The van der Waals surface area contributed by atoms with Crippen LogP contribution in [0.25, 0.3) is 0 Å². The van der Waals surface area contributed by atoms with Crippen LogP contribution < -0.4 is 0 Å². The van der Waals surface area contributed by atoms with E-state index in [1.807, 2.05) is 0 Å². The Hall–Kier alpha value is -0.370. The number of rotatable bonds is 0. The fourth-order valence-corrected chi connectivity index (χ4v) is 6.91. The first-order chi connectivity index (χ1) is 9.68. The highest BCUT2D eigenvalue weighted by Gasteiger charge is 2.60. The third-order valence-corrected chi connectivity index (χ3v) is 7.96. The first kappa shape index (κ1) is 12.2. The molecular formula is C18H26O2. The van der Waals surface area contributed by atoms with E-state index in [1.54, 1.807) is 0 Å². The predicted molar refractivity (Wildman–Crippen MR) is 76.2 cm³/mol. The summed E-state index contributed by atoms with van der Waals surface area (Å²) in [7, 11) is 0. The fraction of sp³-hybridized carbons (Fsp3) is 0.944. The minimum Gasteiger partial charge on any atom is -0.369 e. The van der Waals surface area contributed by atoms with E-state index in [0.717, 1.165) is 30.1 Å². The van der Waals surface area contributed by atoms with Gasteiger partial charge in [0.15, 0.2) is 0 Å². The molecule has 0 amide bonds. The minimum atomic E-state index is 0.0568. The van der Waals surface area contributed by atoms with Crippen molar-refractivity contribution in [2.45, 2.75) is 70.5 Å². The van der Waals surface area contributed by atoms with Crippen LogP contribution in [0.15, 0.2) is 0 Å². The van der Waals surface area contributed by atoms with Crippen LogP contribution in [0.1, 0.15) is 58.3 Å². The zero-order chi connectivity index (χ0) is 13.5. The monoisotopic (exact) mass is 274 g/mol. The second-order valence-electron chi connectivity index (χ2n) is 8.47. The van der Waals surface area contributed by atoms with Crippen molar-refractivity contribution in [3.8, 4) is 0 Å². The van der Waals surface area contributed by atoms with Gasteiger partial charge in [-0.1, -0.05) is 6.92 Å². The van der Waals surface area contributed by atoms with Crippen molar-refractivity contribution in [1.82, 2.24) is 0 Å². The first-order valence-corrected chi connectivity index (χ1v) is 8.87. The molecule has 0 aromatic rings. The summed E-state index contributed by atoms with van der Waals surface area (Å²) in [5.41, 5.74) is 0.0568. The highest BCUT2D eigenvalue weighted by atomic mass is 16.6. The summed E-state index contributed by atoms with van der Waals surface area (Å²) in [5.74, 6) is 4.87. The normalized spacial score (nSPS) is 60.2. The molecule has 0 bridgehead atoms. The van der Waals surface area contributed by atoms with E-state index in [1.165, 1.54) is 44.9 Å². The SMILES string of the molecule is C[C@]12CC[C@@H]3[C@H]4CC[C@@H]5O[C@@H]5[C@H]4CC[C@H]3[C@@H]1CCC2=O. The van der Waals surface area contributed by atoms with Crippen LogP contribution in [-0.4, -0.2) is 18.0 Å². The lowest BCUT2D eigenvalue weighted by Gasteiger charge is -2.53. The summed E-state index contributed by atoms with van der Waals surface area (Å²) in [6.45, 7) is 2.29. The maximum atomic E-state index is 12.3. The molecule has 0 N–H and O–H groups in total. The maximum Gasteiger partial charge on any atom is 0.139 e. The molecule has 1 aliphatic heterocycles. The highest BCUT2D eigenvalue weighted by Crippen LogP contribution is 2.63. The third kappa shape index (κ3) is 1.42. The number of carbonyl (C=O) groups excluding carboxylic acids is 1. The van der Waals surface area contributed by atoms with Crippen molar-refractivity contribution in [1.29, 1.82) is 0 Å². The van der Waals surface area contributed by atoms with Gasteiger partial charge in [-0.15, -0.1) is 0 Å². The second-order valence-corrected chi connectivity index (χ2v) is 8.47. The number of ketones is 1. The Kier molecular flexibility index (Phi) is 2.37. The second kappa shape index (κ2) is 3.88. The molecule has 0 spiro atoms. The van der Waals surface area contributed by atoms with Crippen molar-refractivity contribution in [2.75, 3.05) is 0 Å². The molecule has 0 unspecified atom stereocenters. The molecule has 0 aromatic heterocycles. The molecule has 2 nitrogen and oxygen atoms in total. The molecule has 4 aliphatic carbocycles. The maximum absolute atomic E-state index is 12.3. The topological polar surface area (TPSA) is 29.6 Å². The molecule has 0 radical (unpaired) electrons. The van der Waals surface area contributed by atoms with Gasteiger partial charge < -0.3 is 4.74 Å². The van der Waals surface area contributed by atoms with Gasteiger partial charge in [-0.05, 0) is 74.5 Å². The Morgan fingerprint density at radius 1 is 0.950 bits per heavy atom. The lowest BCUT2D eigenvalue weighted by molar-refractivity contribution is -0.132. The molecule has 0 aromatic carbocycles. The highest BCUT2D eigenvalue weighted by molar-refractivity contribution is 5.87. The lowest BCUT2D eigenvalue weighted by Crippen LogP contribution is -2.49. The molecule has 5 aliphatic rings. The van der Waals surface area contributed by atoms with Crippen molar-refractivity contribution >= 4 is 5.78 Å². The molecule has 4 saturated carbocycles. The zero-order valence-corrected chi connectivity index (χ0v) is 12.5. The van der Waals surface area contributed by atoms with Gasteiger partial charge in [0.2, 0.25) is 0 Å². The molecule has 1 saturated heterocycles. The van der Waals surface area contributed by atoms with E-state index in [9.17, 15) is 4.79 Å². The number of epoxide rings is 1. The lowest BCUT2D eigenvalue weighted by atomic mass is 9.50. The van der Waals surface area contributed by atoms with Crippen molar-refractivity contribution in [2.24, 2.45) is 35.0 Å². The number of ether oxygens (including phenoxy) is 1. The van der Waals surface area contributed by atoms with Crippen LogP contribution in [0, 0.1) is 35.0 Å². The smallest absolute Gasteiger partial charge is 0.139 e. The minimum absolute atomic E-state index is 0.0568. The average Bonchev–Trinajstić information content (AvgIpc) is 3.19. The molecule has 5 rings (SSSR count). The van der Waals surface area contributed by atoms with Crippen LogP contribution in [0.5, 0.6) is 0 Å². The summed E-state index contributed by atoms with van der Waals surface area (Å²) < 4.78 is 5.90. The van der Waals surface area contributed by atoms with E-state index in [4.69, 9.17) is 4.74 Å². The third-order valence-electron chi connectivity index (χ3n) is 7.96. The van der Waals surface area contributed by atoms with E-state index >= 15 is 0 Å². The molecule has 1 heterocycles. The van der Waals surface area contributed by atoms with Gasteiger partial charge in [-0.2, -0.15) is 0 Å². The molecule has 2 heteroatoms. The molecule has 8 atom stereocenters. The Morgan fingerprint density at radius 2 is 1.70 bits per heavy atom. The number of Topliss-reactive ketones (excluding diaryl/α,β-unsaturated/α-hetero) is 1. The van der Waals surface area contributed by atoms with Crippen LogP contribution in [-0.2, 0) is 9.53 Å². The van der Waals surface area contributed by atoms with Gasteiger partial charge in [-0.25, -0.2) is 0 Å². The summed E-state index contributed by atoms with van der Waals surface area (Å²) in [6.07, 6.45) is 11.3. The molecule has 5 fully saturated rings. The molecule has 20 heavy (non-hydrogen) atoms. The Bertz CT molecular complexity index is 458. The van der Waals surface area contributed by atoms with Crippen LogP contribution >= 0.6 is 0 Å². The van der Waals surface area contributed by atoms with Gasteiger partial charge in [-0.3, -0.25) is 4.79 Å². The van der Waals surface area contributed by atoms with Crippen molar-refractivity contribution in [3.05, 3.63) is 0 Å². The van der Waals surface area contributed by atoms with Gasteiger partial charge in [0.1, 0.15) is 5.78 Å². The number of hydrogen-bond donors (Lipinski definition) is 0. The predicted octanol–water partition coefficient (Wildman–Crippen LogP) is 3.59. The van der Waals surface area contributed by atoms with Crippen molar-refractivity contribution < 1.29 is 9.53 Å². The molecular weight excluding hydrogens is 248 g/mol. The average molecular weight is 274 g/mol. The van der Waals surface area contributed by atoms with E-state index in [-0.39, 0.29) is 5.41 Å².